The van der Waals surface area contributed by atoms with Crippen LogP contribution in [0.15, 0.2) is 185 Å². The van der Waals surface area contributed by atoms with E-state index in [0.717, 1.165) is 49.6 Å². The fourth-order valence-electron chi connectivity index (χ4n) is 7.95. The van der Waals surface area contributed by atoms with E-state index in [9.17, 15) is 0 Å². The van der Waals surface area contributed by atoms with Gasteiger partial charge < -0.3 is 13.4 Å². The maximum atomic E-state index is 6.15. The van der Waals surface area contributed by atoms with Crippen molar-refractivity contribution in [2.75, 3.05) is 0 Å². The maximum Gasteiger partial charge on any atom is 0.135 e. The van der Waals surface area contributed by atoms with Crippen molar-refractivity contribution >= 4 is 65.7 Å². The summed E-state index contributed by atoms with van der Waals surface area (Å²) in [5.41, 5.74) is 14.2. The Kier molecular flexibility index (Phi) is 5.96. The summed E-state index contributed by atoms with van der Waals surface area (Å²) in [6, 6.07) is 62.8. The van der Waals surface area contributed by atoms with Gasteiger partial charge in [0, 0.05) is 38.0 Å². The van der Waals surface area contributed by atoms with E-state index in [0.29, 0.717) is 0 Å². The van der Waals surface area contributed by atoms with Crippen LogP contribution >= 0.6 is 0 Å². The summed E-state index contributed by atoms with van der Waals surface area (Å²) in [6.45, 7) is 0. The minimum absolute atomic E-state index is 0.904. The Labute approximate surface area is 293 Å². The molecule has 11 aromatic rings. The number of para-hydroxylation sites is 3. The van der Waals surface area contributed by atoms with Gasteiger partial charge in [-0.25, -0.2) is 0 Å². The van der Waals surface area contributed by atoms with Crippen molar-refractivity contribution in [3.05, 3.63) is 176 Å². The lowest BCUT2D eigenvalue weighted by Crippen LogP contribution is -1.93. The second-order valence-electron chi connectivity index (χ2n) is 13.3. The normalized spacial score (nSPS) is 11.9. The van der Waals surface area contributed by atoms with Gasteiger partial charge in [0.15, 0.2) is 0 Å². The molecule has 0 fully saturated rings. The fourth-order valence-corrected chi connectivity index (χ4v) is 7.95. The molecule has 3 heterocycles. The van der Waals surface area contributed by atoms with Crippen molar-refractivity contribution in [1.29, 1.82) is 0 Å². The van der Waals surface area contributed by atoms with Crippen molar-refractivity contribution in [3.63, 3.8) is 0 Å². The highest BCUT2D eigenvalue weighted by atomic mass is 16.3. The number of benzene rings is 8. The Morgan fingerprint density at radius 1 is 0.275 bits per heavy atom. The van der Waals surface area contributed by atoms with Gasteiger partial charge in [0.25, 0.3) is 0 Å². The van der Waals surface area contributed by atoms with Crippen LogP contribution in [0.2, 0.25) is 0 Å². The summed E-state index contributed by atoms with van der Waals surface area (Å²) in [5, 5.41) is 7.01. The molecule has 0 aliphatic heterocycles. The Morgan fingerprint density at radius 2 is 0.725 bits per heavy atom. The molecule has 0 atom stereocenters. The zero-order valence-electron chi connectivity index (χ0n) is 27.5. The number of hydrogen-bond donors (Lipinski definition) is 0. The summed E-state index contributed by atoms with van der Waals surface area (Å²) in [5.74, 6) is 0. The average molecular weight is 652 g/mol. The van der Waals surface area contributed by atoms with Gasteiger partial charge in [0.05, 0.1) is 11.0 Å². The maximum absolute atomic E-state index is 6.15. The molecule has 0 amide bonds. The molecule has 0 saturated heterocycles. The molecule has 8 aromatic carbocycles. The molecular formula is C48H29NO2. The molecule has 0 N–H and O–H groups in total. The highest BCUT2D eigenvalue weighted by Crippen LogP contribution is 2.39. The van der Waals surface area contributed by atoms with Gasteiger partial charge in [-0.1, -0.05) is 103 Å². The van der Waals surface area contributed by atoms with Gasteiger partial charge >= 0.3 is 0 Å². The predicted octanol–water partition coefficient (Wildman–Crippen LogP) is 13.6. The van der Waals surface area contributed by atoms with Crippen molar-refractivity contribution < 1.29 is 8.83 Å². The Bertz CT molecular complexity index is 3150. The number of nitrogens with zero attached hydrogens (tertiary/aromatic N) is 1. The summed E-state index contributed by atoms with van der Waals surface area (Å²) < 4.78 is 14.6. The van der Waals surface area contributed by atoms with E-state index in [2.05, 4.69) is 156 Å². The van der Waals surface area contributed by atoms with Crippen molar-refractivity contribution in [2.24, 2.45) is 0 Å². The molecular weight excluding hydrogens is 623 g/mol. The SMILES string of the molecule is c1cc(-c2cccc(-c3ccc4c(c3)c3ccccc3n4-c3ccc4oc5ccccc5c4c3)c2)cc(-c2ccc3oc4ccccc4c3c2)c1. The molecule has 0 bridgehead atoms. The van der Waals surface area contributed by atoms with Crippen LogP contribution in [-0.2, 0) is 0 Å². The lowest BCUT2D eigenvalue weighted by molar-refractivity contribution is 0.668. The van der Waals surface area contributed by atoms with Crippen LogP contribution in [0, 0.1) is 0 Å². The third kappa shape index (κ3) is 4.38. The van der Waals surface area contributed by atoms with Crippen molar-refractivity contribution in [1.82, 2.24) is 4.57 Å². The highest BCUT2D eigenvalue weighted by molar-refractivity contribution is 6.12. The second kappa shape index (κ2) is 10.8. The molecule has 0 spiro atoms. The third-order valence-corrected chi connectivity index (χ3v) is 10.4. The number of aromatic nitrogens is 1. The van der Waals surface area contributed by atoms with Gasteiger partial charge in [0.1, 0.15) is 22.3 Å². The van der Waals surface area contributed by atoms with Gasteiger partial charge in [0.2, 0.25) is 0 Å². The first kappa shape index (κ1) is 28.0. The zero-order chi connectivity index (χ0) is 33.5. The molecule has 0 unspecified atom stereocenters. The van der Waals surface area contributed by atoms with Crippen LogP contribution in [0.3, 0.4) is 0 Å². The lowest BCUT2D eigenvalue weighted by Gasteiger charge is -2.10. The number of fused-ring (bicyclic) bond motifs is 9. The standard InChI is InChI=1S/C48H29NO2/c1-4-16-43-37(13-1)40-27-34(19-22-44(40)49(43)36-21-24-48-42(29-36)39-15-3-6-18-46(39)51-48)32-11-7-9-30(25-32)31-10-8-12-33(26-31)35-20-23-47-41(28-35)38-14-2-5-17-45(38)50-47/h1-29H. The van der Waals surface area contributed by atoms with E-state index in [1.807, 2.05) is 24.3 Å². The van der Waals surface area contributed by atoms with E-state index >= 15 is 0 Å². The Balaban J connectivity index is 0.997. The first-order valence-electron chi connectivity index (χ1n) is 17.3. The molecule has 0 aliphatic carbocycles. The summed E-state index contributed by atoms with van der Waals surface area (Å²) >= 11 is 0. The Morgan fingerprint density at radius 3 is 1.37 bits per heavy atom. The van der Waals surface area contributed by atoms with Gasteiger partial charge in [-0.15, -0.1) is 0 Å². The molecule has 3 aromatic heterocycles. The Hall–Kier alpha value is -6.84. The summed E-state index contributed by atoms with van der Waals surface area (Å²) in [4.78, 5) is 0. The first-order chi connectivity index (χ1) is 25.2. The minimum atomic E-state index is 0.904. The second-order valence-corrected chi connectivity index (χ2v) is 13.3. The van der Waals surface area contributed by atoms with E-state index in [4.69, 9.17) is 8.83 Å². The fraction of sp³-hybridized carbons (Fsp3) is 0. The quantitative estimate of drug-likeness (QED) is 0.190. The van der Waals surface area contributed by atoms with Crippen LogP contribution in [0.4, 0.5) is 0 Å². The monoisotopic (exact) mass is 651 g/mol. The van der Waals surface area contributed by atoms with E-state index in [-0.39, 0.29) is 0 Å². The third-order valence-electron chi connectivity index (χ3n) is 10.4. The first-order valence-corrected chi connectivity index (χ1v) is 17.3. The molecule has 0 aliphatic rings. The topological polar surface area (TPSA) is 31.2 Å². The zero-order valence-corrected chi connectivity index (χ0v) is 27.5. The van der Waals surface area contributed by atoms with E-state index in [1.54, 1.807) is 0 Å². The molecule has 0 radical (unpaired) electrons. The lowest BCUT2D eigenvalue weighted by atomic mass is 9.95. The van der Waals surface area contributed by atoms with Crippen LogP contribution in [0.25, 0.3) is 105 Å². The molecule has 11 rings (SSSR count). The van der Waals surface area contributed by atoms with E-state index in [1.165, 1.54) is 55.2 Å². The number of hydrogen-bond acceptors (Lipinski definition) is 2. The van der Waals surface area contributed by atoms with Crippen molar-refractivity contribution in [3.8, 4) is 39.1 Å². The van der Waals surface area contributed by atoms with Gasteiger partial charge in [-0.05, 0) is 106 Å². The summed E-state index contributed by atoms with van der Waals surface area (Å²) in [7, 11) is 0. The van der Waals surface area contributed by atoms with Crippen LogP contribution in [-0.4, -0.2) is 4.57 Å². The molecule has 3 heteroatoms. The number of furan rings is 2. The van der Waals surface area contributed by atoms with E-state index < -0.39 is 0 Å². The van der Waals surface area contributed by atoms with Gasteiger partial charge in [-0.2, -0.15) is 0 Å². The van der Waals surface area contributed by atoms with Crippen LogP contribution < -0.4 is 0 Å². The molecule has 51 heavy (non-hydrogen) atoms. The molecule has 3 nitrogen and oxygen atoms in total. The van der Waals surface area contributed by atoms with Crippen LogP contribution in [0.5, 0.6) is 0 Å². The average Bonchev–Trinajstić information content (AvgIpc) is 3.87. The predicted molar refractivity (Wildman–Crippen MR) is 212 cm³/mol. The smallest absolute Gasteiger partial charge is 0.135 e. The molecule has 0 saturated carbocycles. The van der Waals surface area contributed by atoms with Gasteiger partial charge in [-0.3, -0.25) is 0 Å². The van der Waals surface area contributed by atoms with Crippen molar-refractivity contribution in [2.45, 2.75) is 0 Å². The minimum Gasteiger partial charge on any atom is -0.456 e. The summed E-state index contributed by atoms with van der Waals surface area (Å²) in [6.07, 6.45) is 0. The highest BCUT2D eigenvalue weighted by Gasteiger charge is 2.16. The largest absolute Gasteiger partial charge is 0.456 e. The molecule has 238 valence electrons. The van der Waals surface area contributed by atoms with Crippen LogP contribution in [0.1, 0.15) is 0 Å². The number of rotatable bonds is 4.